The molecule has 0 bridgehead atoms. The molecule has 1 saturated heterocycles. The average molecular weight is 219 g/mol. The SMILES string of the molecule is Cc1ccccc1CNCC1CCC(C)O1. The summed E-state index contributed by atoms with van der Waals surface area (Å²) in [6.07, 6.45) is 3.27. The zero-order valence-electron chi connectivity index (χ0n) is 10.2. The highest BCUT2D eigenvalue weighted by Gasteiger charge is 2.20. The van der Waals surface area contributed by atoms with Gasteiger partial charge in [0.1, 0.15) is 0 Å². The standard InChI is InChI=1S/C14H21NO/c1-11-5-3-4-6-13(11)9-15-10-14-8-7-12(2)16-14/h3-6,12,14-15H,7-10H2,1-2H3. The molecule has 2 rings (SSSR count). The Balaban J connectivity index is 1.74. The highest BCUT2D eigenvalue weighted by Crippen LogP contribution is 2.18. The van der Waals surface area contributed by atoms with E-state index >= 15 is 0 Å². The molecule has 16 heavy (non-hydrogen) atoms. The summed E-state index contributed by atoms with van der Waals surface area (Å²) in [7, 11) is 0. The molecule has 1 N–H and O–H groups in total. The summed E-state index contributed by atoms with van der Waals surface area (Å²) < 4.78 is 5.77. The van der Waals surface area contributed by atoms with E-state index in [1.54, 1.807) is 0 Å². The number of hydrogen-bond acceptors (Lipinski definition) is 2. The van der Waals surface area contributed by atoms with E-state index in [0.717, 1.165) is 13.1 Å². The molecule has 2 nitrogen and oxygen atoms in total. The number of benzene rings is 1. The number of rotatable bonds is 4. The highest BCUT2D eigenvalue weighted by molar-refractivity contribution is 5.25. The van der Waals surface area contributed by atoms with Crippen LogP contribution >= 0.6 is 0 Å². The van der Waals surface area contributed by atoms with E-state index in [-0.39, 0.29) is 0 Å². The summed E-state index contributed by atoms with van der Waals surface area (Å²) >= 11 is 0. The Morgan fingerprint density at radius 3 is 2.81 bits per heavy atom. The second kappa shape index (κ2) is 5.46. The molecule has 2 atom stereocenters. The van der Waals surface area contributed by atoms with Gasteiger partial charge in [-0.25, -0.2) is 0 Å². The summed E-state index contributed by atoms with van der Waals surface area (Å²) in [5.74, 6) is 0. The third-order valence-electron chi connectivity index (χ3n) is 3.27. The van der Waals surface area contributed by atoms with Crippen molar-refractivity contribution in [2.45, 2.75) is 45.4 Å². The first-order valence-electron chi connectivity index (χ1n) is 6.16. The molecular formula is C14H21NO. The molecule has 0 aromatic heterocycles. The van der Waals surface area contributed by atoms with Gasteiger partial charge in [-0.2, -0.15) is 0 Å². The predicted octanol–water partition coefficient (Wildman–Crippen LogP) is 2.65. The molecule has 88 valence electrons. The zero-order valence-corrected chi connectivity index (χ0v) is 10.2. The summed E-state index contributed by atoms with van der Waals surface area (Å²) in [6.45, 7) is 6.23. The van der Waals surface area contributed by atoms with Gasteiger partial charge in [0, 0.05) is 13.1 Å². The van der Waals surface area contributed by atoms with Crippen LogP contribution in [0, 0.1) is 6.92 Å². The number of aryl methyl sites for hydroxylation is 1. The Labute approximate surface area is 98.0 Å². The fraction of sp³-hybridized carbons (Fsp3) is 0.571. The van der Waals surface area contributed by atoms with Gasteiger partial charge in [0.25, 0.3) is 0 Å². The molecule has 2 heteroatoms. The first-order valence-corrected chi connectivity index (χ1v) is 6.16. The lowest BCUT2D eigenvalue weighted by molar-refractivity contribution is 0.0559. The van der Waals surface area contributed by atoms with Crippen LogP contribution < -0.4 is 5.32 Å². The molecule has 1 aromatic rings. The minimum Gasteiger partial charge on any atom is -0.374 e. The van der Waals surface area contributed by atoms with Crippen molar-refractivity contribution in [3.05, 3.63) is 35.4 Å². The third kappa shape index (κ3) is 3.06. The van der Waals surface area contributed by atoms with Gasteiger partial charge in [-0.3, -0.25) is 0 Å². The Bertz CT molecular complexity index is 337. The molecule has 0 radical (unpaired) electrons. The Kier molecular flexibility index (Phi) is 3.97. The molecule has 0 amide bonds. The van der Waals surface area contributed by atoms with Crippen molar-refractivity contribution in [2.24, 2.45) is 0 Å². The van der Waals surface area contributed by atoms with E-state index in [1.165, 1.54) is 24.0 Å². The van der Waals surface area contributed by atoms with Crippen LogP contribution in [0.15, 0.2) is 24.3 Å². The minimum absolute atomic E-state index is 0.416. The van der Waals surface area contributed by atoms with E-state index in [9.17, 15) is 0 Å². The van der Waals surface area contributed by atoms with Gasteiger partial charge in [0.15, 0.2) is 0 Å². The number of hydrogen-bond donors (Lipinski definition) is 1. The first-order chi connectivity index (χ1) is 7.75. The second-order valence-electron chi connectivity index (χ2n) is 4.70. The monoisotopic (exact) mass is 219 g/mol. The van der Waals surface area contributed by atoms with Gasteiger partial charge in [-0.1, -0.05) is 24.3 Å². The van der Waals surface area contributed by atoms with Crippen LogP contribution in [0.25, 0.3) is 0 Å². The van der Waals surface area contributed by atoms with Crippen molar-refractivity contribution in [2.75, 3.05) is 6.54 Å². The van der Waals surface area contributed by atoms with Crippen molar-refractivity contribution in [3.63, 3.8) is 0 Å². The average Bonchev–Trinajstić information content (AvgIpc) is 2.67. The van der Waals surface area contributed by atoms with Crippen LogP contribution in [0.5, 0.6) is 0 Å². The zero-order chi connectivity index (χ0) is 11.4. The lowest BCUT2D eigenvalue weighted by Gasteiger charge is -2.13. The summed E-state index contributed by atoms with van der Waals surface area (Å²) in [5.41, 5.74) is 2.74. The van der Waals surface area contributed by atoms with Crippen LogP contribution in [0.3, 0.4) is 0 Å². The Hall–Kier alpha value is -0.860. The molecule has 0 saturated carbocycles. The van der Waals surface area contributed by atoms with E-state index < -0.39 is 0 Å². The Morgan fingerprint density at radius 1 is 1.31 bits per heavy atom. The van der Waals surface area contributed by atoms with Crippen LogP contribution in [0.2, 0.25) is 0 Å². The molecule has 2 unspecified atom stereocenters. The van der Waals surface area contributed by atoms with E-state index in [4.69, 9.17) is 4.74 Å². The number of ether oxygens (including phenoxy) is 1. The summed E-state index contributed by atoms with van der Waals surface area (Å²) in [6, 6.07) is 8.52. The van der Waals surface area contributed by atoms with Crippen molar-refractivity contribution in [3.8, 4) is 0 Å². The van der Waals surface area contributed by atoms with Gasteiger partial charge >= 0.3 is 0 Å². The number of nitrogens with one attached hydrogen (secondary N) is 1. The maximum atomic E-state index is 5.77. The molecule has 1 fully saturated rings. The van der Waals surface area contributed by atoms with Crippen LogP contribution in [0.1, 0.15) is 30.9 Å². The fourth-order valence-corrected chi connectivity index (χ4v) is 2.21. The summed E-state index contributed by atoms with van der Waals surface area (Å²) in [4.78, 5) is 0. The smallest absolute Gasteiger partial charge is 0.0704 e. The van der Waals surface area contributed by atoms with Crippen molar-refractivity contribution in [1.29, 1.82) is 0 Å². The molecule has 1 aromatic carbocycles. The molecule has 0 spiro atoms. The van der Waals surface area contributed by atoms with Crippen molar-refractivity contribution in [1.82, 2.24) is 5.32 Å². The van der Waals surface area contributed by atoms with Gasteiger partial charge < -0.3 is 10.1 Å². The van der Waals surface area contributed by atoms with Gasteiger partial charge in [0.05, 0.1) is 12.2 Å². The topological polar surface area (TPSA) is 21.3 Å². The van der Waals surface area contributed by atoms with Crippen molar-refractivity contribution < 1.29 is 4.74 Å². The lowest BCUT2D eigenvalue weighted by Crippen LogP contribution is -2.26. The lowest BCUT2D eigenvalue weighted by atomic mass is 10.1. The van der Waals surface area contributed by atoms with E-state index in [0.29, 0.717) is 12.2 Å². The maximum Gasteiger partial charge on any atom is 0.0704 e. The Morgan fingerprint density at radius 2 is 2.12 bits per heavy atom. The minimum atomic E-state index is 0.416. The molecule has 0 aliphatic carbocycles. The van der Waals surface area contributed by atoms with E-state index in [1.807, 2.05) is 0 Å². The predicted molar refractivity (Wildman–Crippen MR) is 66.5 cm³/mol. The second-order valence-corrected chi connectivity index (χ2v) is 4.70. The molecule has 1 aliphatic heterocycles. The summed E-state index contributed by atoms with van der Waals surface area (Å²) in [5, 5.41) is 3.48. The third-order valence-corrected chi connectivity index (χ3v) is 3.27. The molecule has 1 heterocycles. The maximum absolute atomic E-state index is 5.77. The van der Waals surface area contributed by atoms with E-state index in [2.05, 4.69) is 43.4 Å². The largest absolute Gasteiger partial charge is 0.374 e. The first kappa shape index (κ1) is 11.6. The van der Waals surface area contributed by atoms with Gasteiger partial charge in [-0.15, -0.1) is 0 Å². The molecular weight excluding hydrogens is 198 g/mol. The van der Waals surface area contributed by atoms with Crippen molar-refractivity contribution >= 4 is 0 Å². The normalized spacial score (nSPS) is 24.9. The van der Waals surface area contributed by atoms with Crippen LogP contribution in [-0.4, -0.2) is 18.8 Å². The quantitative estimate of drug-likeness (QED) is 0.840. The fourth-order valence-electron chi connectivity index (χ4n) is 2.21. The van der Waals surface area contributed by atoms with Crippen LogP contribution in [0.4, 0.5) is 0 Å². The van der Waals surface area contributed by atoms with Crippen LogP contribution in [-0.2, 0) is 11.3 Å². The molecule has 1 aliphatic rings. The highest BCUT2D eigenvalue weighted by atomic mass is 16.5. The van der Waals surface area contributed by atoms with Gasteiger partial charge in [0.2, 0.25) is 0 Å². The van der Waals surface area contributed by atoms with Gasteiger partial charge in [-0.05, 0) is 37.8 Å².